The Morgan fingerprint density at radius 1 is 1.15 bits per heavy atom. The van der Waals surface area contributed by atoms with Gasteiger partial charge >= 0.3 is 0 Å². The van der Waals surface area contributed by atoms with Crippen molar-refractivity contribution in [3.05, 3.63) is 35.9 Å². The Balaban J connectivity index is 1.75. The number of hydrogen-bond donors (Lipinski definition) is 1. The number of likely N-dealkylation sites (tertiary alicyclic amines) is 1. The van der Waals surface area contributed by atoms with Gasteiger partial charge in [-0.15, -0.1) is 0 Å². The lowest BCUT2D eigenvalue weighted by Gasteiger charge is -2.36. The summed E-state index contributed by atoms with van der Waals surface area (Å²) in [7, 11) is 0. The number of hydrogen-bond acceptors (Lipinski definition) is 4. The Bertz CT molecular complexity index is 717. The Morgan fingerprint density at radius 2 is 1.92 bits per heavy atom. The van der Waals surface area contributed by atoms with E-state index in [1.165, 1.54) is 5.01 Å². The van der Waals surface area contributed by atoms with E-state index in [4.69, 9.17) is 5.73 Å². The Kier molecular flexibility index (Phi) is 5.65. The van der Waals surface area contributed by atoms with Crippen LogP contribution in [0.3, 0.4) is 0 Å². The molecule has 2 N–H and O–H groups in total. The molecule has 1 atom stereocenters. The minimum Gasteiger partial charge on any atom is -0.370 e. The van der Waals surface area contributed by atoms with Gasteiger partial charge in [-0.25, -0.2) is 5.01 Å². The lowest BCUT2D eigenvalue weighted by Crippen LogP contribution is -2.49. The quantitative estimate of drug-likeness (QED) is 0.864. The fourth-order valence-electron chi connectivity index (χ4n) is 3.51. The smallest absolute Gasteiger partial charge is 0.270 e. The summed E-state index contributed by atoms with van der Waals surface area (Å²) in [4.78, 5) is 38.2. The number of amides is 3. The second-order valence-corrected chi connectivity index (χ2v) is 6.80. The highest BCUT2D eigenvalue weighted by Crippen LogP contribution is 2.22. The van der Waals surface area contributed by atoms with Crippen molar-refractivity contribution in [2.24, 2.45) is 10.8 Å². The average Bonchev–Trinajstić information content (AvgIpc) is 2.64. The molecular formula is C19H24N4O3. The van der Waals surface area contributed by atoms with Crippen LogP contribution in [-0.4, -0.2) is 45.9 Å². The molecule has 138 valence electrons. The molecule has 2 aliphatic heterocycles. The van der Waals surface area contributed by atoms with Gasteiger partial charge in [0.05, 0.1) is 6.54 Å². The second-order valence-electron chi connectivity index (χ2n) is 6.80. The maximum Gasteiger partial charge on any atom is 0.270 e. The Hall–Kier alpha value is -2.70. The molecule has 2 aliphatic rings. The van der Waals surface area contributed by atoms with E-state index in [0.717, 1.165) is 24.8 Å². The molecule has 0 saturated carbocycles. The van der Waals surface area contributed by atoms with Gasteiger partial charge in [-0.1, -0.05) is 30.3 Å². The molecule has 3 rings (SSSR count). The number of benzene rings is 1. The molecular weight excluding hydrogens is 332 g/mol. The first-order chi connectivity index (χ1) is 12.5. The largest absolute Gasteiger partial charge is 0.370 e. The first-order valence-electron chi connectivity index (χ1n) is 9.05. The van der Waals surface area contributed by atoms with Gasteiger partial charge in [0, 0.05) is 31.8 Å². The fraction of sp³-hybridized carbons (Fsp3) is 0.474. The van der Waals surface area contributed by atoms with Crippen molar-refractivity contribution in [2.45, 2.75) is 51.1 Å². The highest BCUT2D eigenvalue weighted by atomic mass is 16.2. The predicted octanol–water partition coefficient (Wildman–Crippen LogP) is 1.42. The van der Waals surface area contributed by atoms with Crippen molar-refractivity contribution in [3.63, 3.8) is 0 Å². The third kappa shape index (κ3) is 4.28. The average molecular weight is 356 g/mol. The zero-order chi connectivity index (χ0) is 18.5. The minimum atomic E-state index is -0.402. The lowest BCUT2D eigenvalue weighted by molar-refractivity contribution is -0.133. The predicted molar refractivity (Wildman–Crippen MR) is 96.8 cm³/mol. The third-order valence-corrected chi connectivity index (χ3v) is 4.85. The molecule has 0 spiro atoms. The van der Waals surface area contributed by atoms with Crippen LogP contribution in [0.1, 0.15) is 44.1 Å². The van der Waals surface area contributed by atoms with Gasteiger partial charge in [0.25, 0.3) is 5.91 Å². The summed E-state index contributed by atoms with van der Waals surface area (Å²) in [6, 6.07) is 9.40. The summed E-state index contributed by atoms with van der Waals surface area (Å²) in [6.07, 6.45) is 3.43. The van der Waals surface area contributed by atoms with Crippen LogP contribution in [0.2, 0.25) is 0 Å². The molecule has 2 heterocycles. The number of carbonyl (C=O) groups is 3. The van der Waals surface area contributed by atoms with Gasteiger partial charge in [0.15, 0.2) is 0 Å². The summed E-state index contributed by atoms with van der Waals surface area (Å²) in [5, 5.41) is 5.71. The van der Waals surface area contributed by atoms with Gasteiger partial charge in [-0.05, 0) is 24.8 Å². The molecule has 1 unspecified atom stereocenters. The Labute approximate surface area is 152 Å². The van der Waals surface area contributed by atoms with Crippen molar-refractivity contribution in [3.8, 4) is 0 Å². The summed E-state index contributed by atoms with van der Waals surface area (Å²) >= 11 is 0. The van der Waals surface area contributed by atoms with E-state index in [2.05, 4.69) is 5.10 Å². The van der Waals surface area contributed by atoms with Crippen LogP contribution < -0.4 is 5.73 Å². The fourth-order valence-corrected chi connectivity index (χ4v) is 3.51. The van der Waals surface area contributed by atoms with Crippen molar-refractivity contribution in [1.82, 2.24) is 9.91 Å². The molecule has 0 bridgehead atoms. The van der Waals surface area contributed by atoms with Gasteiger partial charge in [0.2, 0.25) is 11.8 Å². The lowest BCUT2D eigenvalue weighted by atomic mass is 9.97. The van der Waals surface area contributed by atoms with Crippen LogP contribution in [-0.2, 0) is 20.9 Å². The number of nitrogens with zero attached hydrogens (tertiary/aromatic N) is 3. The number of hydrazone groups is 1. The van der Waals surface area contributed by atoms with Crippen molar-refractivity contribution < 1.29 is 14.4 Å². The molecule has 0 radical (unpaired) electrons. The molecule has 0 aliphatic carbocycles. The van der Waals surface area contributed by atoms with Crippen LogP contribution in [0.4, 0.5) is 0 Å². The number of primary amides is 1. The molecule has 7 heteroatoms. The van der Waals surface area contributed by atoms with Crippen molar-refractivity contribution >= 4 is 23.4 Å². The van der Waals surface area contributed by atoms with Crippen molar-refractivity contribution in [1.29, 1.82) is 0 Å². The third-order valence-electron chi connectivity index (χ3n) is 4.85. The Morgan fingerprint density at radius 3 is 2.65 bits per heavy atom. The maximum atomic E-state index is 13.0. The van der Waals surface area contributed by atoms with Gasteiger partial charge < -0.3 is 10.6 Å². The topological polar surface area (TPSA) is 96.1 Å². The van der Waals surface area contributed by atoms with E-state index in [0.29, 0.717) is 25.2 Å². The van der Waals surface area contributed by atoms with E-state index in [1.54, 1.807) is 4.90 Å². The number of piperidine rings is 1. The standard InChI is InChI=1S/C19H24N4O3/c20-17(24)12-15-8-4-5-11-22(15)19(26)16-9-10-18(25)23(21-16)13-14-6-2-1-3-7-14/h1-3,6-7,15H,4-5,8-13H2,(H2,20,24). The molecule has 0 aromatic heterocycles. The van der Waals surface area contributed by atoms with E-state index < -0.39 is 5.91 Å². The highest BCUT2D eigenvalue weighted by Gasteiger charge is 2.33. The summed E-state index contributed by atoms with van der Waals surface area (Å²) in [5.74, 6) is -0.666. The summed E-state index contributed by atoms with van der Waals surface area (Å²) in [5.41, 5.74) is 6.68. The molecule has 1 saturated heterocycles. The SMILES string of the molecule is NC(=O)CC1CCCCN1C(=O)C1=NN(Cc2ccccc2)C(=O)CC1. The van der Waals surface area contributed by atoms with E-state index in [1.807, 2.05) is 30.3 Å². The van der Waals surface area contributed by atoms with Crippen molar-refractivity contribution in [2.75, 3.05) is 6.54 Å². The van der Waals surface area contributed by atoms with Crippen LogP contribution in [0, 0.1) is 0 Å². The summed E-state index contributed by atoms with van der Waals surface area (Å²) in [6.45, 7) is 0.948. The monoisotopic (exact) mass is 356 g/mol. The molecule has 3 amide bonds. The first-order valence-corrected chi connectivity index (χ1v) is 9.05. The number of nitrogens with two attached hydrogens (primary N) is 1. The summed E-state index contributed by atoms with van der Waals surface area (Å²) < 4.78 is 0. The van der Waals surface area contributed by atoms with Crippen LogP contribution >= 0.6 is 0 Å². The molecule has 1 fully saturated rings. The molecule has 1 aromatic rings. The number of carbonyl (C=O) groups excluding carboxylic acids is 3. The first kappa shape index (κ1) is 18.1. The second kappa shape index (κ2) is 8.12. The van der Waals surface area contributed by atoms with Gasteiger partial charge in [-0.2, -0.15) is 5.10 Å². The normalized spacial score (nSPS) is 20.7. The maximum absolute atomic E-state index is 13.0. The molecule has 26 heavy (non-hydrogen) atoms. The highest BCUT2D eigenvalue weighted by molar-refractivity contribution is 6.39. The van der Waals surface area contributed by atoms with Crippen LogP contribution in [0.15, 0.2) is 35.4 Å². The van der Waals surface area contributed by atoms with Crippen LogP contribution in [0.25, 0.3) is 0 Å². The van der Waals surface area contributed by atoms with E-state index in [9.17, 15) is 14.4 Å². The van der Waals surface area contributed by atoms with Gasteiger partial charge in [-0.3, -0.25) is 14.4 Å². The van der Waals surface area contributed by atoms with E-state index in [-0.39, 0.29) is 30.7 Å². The molecule has 7 nitrogen and oxygen atoms in total. The zero-order valence-electron chi connectivity index (χ0n) is 14.8. The van der Waals surface area contributed by atoms with E-state index >= 15 is 0 Å². The minimum absolute atomic E-state index is 0.0854. The van der Waals surface area contributed by atoms with Crippen LogP contribution in [0.5, 0.6) is 0 Å². The molecule has 1 aromatic carbocycles. The van der Waals surface area contributed by atoms with Gasteiger partial charge in [0.1, 0.15) is 5.71 Å². The zero-order valence-corrected chi connectivity index (χ0v) is 14.8. The number of rotatable bonds is 5.